The zero-order valence-corrected chi connectivity index (χ0v) is 17.2. The molecule has 2 nitrogen and oxygen atoms in total. The minimum atomic E-state index is 0.881. The molecule has 0 unspecified atom stereocenters. The van der Waals surface area contributed by atoms with Gasteiger partial charge in [0.15, 0.2) is 0 Å². The van der Waals surface area contributed by atoms with Gasteiger partial charge < -0.3 is 9.72 Å². The average Bonchev–Trinajstić information content (AvgIpc) is 3.20. The van der Waals surface area contributed by atoms with Crippen LogP contribution in [0.5, 0.6) is 5.75 Å². The predicted octanol–water partition coefficient (Wildman–Crippen LogP) is 7.17. The van der Waals surface area contributed by atoms with Crippen molar-refractivity contribution in [3.63, 3.8) is 0 Å². The second kappa shape index (κ2) is 8.08. The fourth-order valence-electron chi connectivity index (χ4n) is 4.36. The number of aromatic nitrogens is 1. The largest absolute Gasteiger partial charge is 0.497 e. The first-order valence-electron chi connectivity index (χ1n) is 10.5. The molecular weight excluding hydrogens is 366 g/mol. The van der Waals surface area contributed by atoms with Crippen molar-refractivity contribution in [1.29, 1.82) is 0 Å². The average molecular weight is 392 g/mol. The lowest BCUT2D eigenvalue weighted by Crippen LogP contribution is -1.92. The SMILES string of the molecule is COc1ccc(-c2ccc(CCCc3ccccc3)c3[nH]c4ccccc4c23)cc1. The van der Waals surface area contributed by atoms with Crippen molar-refractivity contribution < 1.29 is 4.74 Å². The van der Waals surface area contributed by atoms with Crippen LogP contribution in [0.25, 0.3) is 32.9 Å². The van der Waals surface area contributed by atoms with E-state index in [4.69, 9.17) is 4.74 Å². The summed E-state index contributed by atoms with van der Waals surface area (Å²) in [5, 5.41) is 2.59. The Bertz CT molecular complexity index is 1280. The zero-order chi connectivity index (χ0) is 20.3. The summed E-state index contributed by atoms with van der Waals surface area (Å²) in [6.07, 6.45) is 3.29. The van der Waals surface area contributed by atoms with E-state index in [2.05, 4.69) is 83.8 Å². The highest BCUT2D eigenvalue weighted by atomic mass is 16.5. The molecule has 4 aromatic carbocycles. The molecule has 0 aliphatic carbocycles. The van der Waals surface area contributed by atoms with Crippen molar-refractivity contribution in [2.24, 2.45) is 0 Å². The number of benzene rings is 4. The number of aryl methyl sites for hydroxylation is 2. The Labute approximate surface area is 177 Å². The molecule has 148 valence electrons. The van der Waals surface area contributed by atoms with Crippen LogP contribution in [0.15, 0.2) is 91.0 Å². The van der Waals surface area contributed by atoms with Crippen molar-refractivity contribution in [3.8, 4) is 16.9 Å². The van der Waals surface area contributed by atoms with Crippen LogP contribution in [0.4, 0.5) is 0 Å². The van der Waals surface area contributed by atoms with E-state index in [0.29, 0.717) is 0 Å². The maximum absolute atomic E-state index is 5.34. The lowest BCUT2D eigenvalue weighted by Gasteiger charge is -2.10. The van der Waals surface area contributed by atoms with Gasteiger partial charge in [-0.2, -0.15) is 0 Å². The van der Waals surface area contributed by atoms with Gasteiger partial charge in [0.1, 0.15) is 5.75 Å². The van der Waals surface area contributed by atoms with E-state index < -0.39 is 0 Å². The van der Waals surface area contributed by atoms with Gasteiger partial charge in [0, 0.05) is 16.3 Å². The summed E-state index contributed by atoms with van der Waals surface area (Å²) in [6, 6.07) is 32.3. The molecule has 1 aromatic heterocycles. The number of rotatable bonds is 6. The second-order valence-electron chi connectivity index (χ2n) is 7.76. The molecule has 1 heterocycles. The Balaban J connectivity index is 1.56. The van der Waals surface area contributed by atoms with Crippen molar-refractivity contribution in [2.75, 3.05) is 7.11 Å². The van der Waals surface area contributed by atoms with Gasteiger partial charge in [-0.05, 0) is 59.7 Å². The zero-order valence-electron chi connectivity index (χ0n) is 17.2. The molecule has 0 bridgehead atoms. The highest BCUT2D eigenvalue weighted by molar-refractivity contribution is 6.15. The number of hydrogen-bond acceptors (Lipinski definition) is 1. The normalized spacial score (nSPS) is 11.2. The van der Waals surface area contributed by atoms with E-state index in [1.807, 2.05) is 12.1 Å². The Morgan fingerprint density at radius 3 is 2.30 bits per heavy atom. The van der Waals surface area contributed by atoms with Gasteiger partial charge in [0.2, 0.25) is 0 Å². The van der Waals surface area contributed by atoms with Crippen LogP contribution >= 0.6 is 0 Å². The minimum absolute atomic E-state index is 0.881. The molecule has 1 N–H and O–H groups in total. The Morgan fingerprint density at radius 1 is 0.733 bits per heavy atom. The minimum Gasteiger partial charge on any atom is -0.497 e. The van der Waals surface area contributed by atoms with Gasteiger partial charge in [-0.15, -0.1) is 0 Å². The second-order valence-corrected chi connectivity index (χ2v) is 7.76. The number of H-pyrrole nitrogens is 1. The highest BCUT2D eigenvalue weighted by Gasteiger charge is 2.14. The van der Waals surface area contributed by atoms with Crippen LogP contribution in [0.3, 0.4) is 0 Å². The van der Waals surface area contributed by atoms with Gasteiger partial charge in [-0.1, -0.05) is 72.8 Å². The number of para-hydroxylation sites is 1. The molecule has 0 amide bonds. The van der Waals surface area contributed by atoms with Crippen LogP contribution in [0.2, 0.25) is 0 Å². The number of methoxy groups -OCH3 is 1. The molecule has 0 spiro atoms. The molecule has 2 heteroatoms. The van der Waals surface area contributed by atoms with Crippen LogP contribution in [-0.4, -0.2) is 12.1 Å². The van der Waals surface area contributed by atoms with Gasteiger partial charge >= 0.3 is 0 Å². The predicted molar refractivity (Wildman–Crippen MR) is 126 cm³/mol. The third kappa shape index (κ3) is 3.46. The number of hydrogen-bond donors (Lipinski definition) is 1. The van der Waals surface area contributed by atoms with Crippen molar-refractivity contribution >= 4 is 21.8 Å². The summed E-state index contributed by atoms with van der Waals surface area (Å²) >= 11 is 0. The summed E-state index contributed by atoms with van der Waals surface area (Å²) in [6.45, 7) is 0. The smallest absolute Gasteiger partial charge is 0.118 e. The van der Waals surface area contributed by atoms with Gasteiger partial charge in [0.05, 0.1) is 12.6 Å². The maximum Gasteiger partial charge on any atom is 0.118 e. The first-order chi connectivity index (χ1) is 14.8. The topological polar surface area (TPSA) is 25.0 Å². The quantitative estimate of drug-likeness (QED) is 0.326. The number of fused-ring (bicyclic) bond motifs is 3. The molecule has 0 aliphatic rings. The maximum atomic E-state index is 5.34. The molecule has 0 saturated carbocycles. The molecule has 5 rings (SSSR count). The summed E-state index contributed by atoms with van der Waals surface area (Å²) in [5.41, 5.74) is 7.71. The summed E-state index contributed by atoms with van der Waals surface area (Å²) in [4.78, 5) is 3.70. The van der Waals surface area contributed by atoms with E-state index in [1.165, 1.54) is 44.1 Å². The van der Waals surface area contributed by atoms with Crippen molar-refractivity contribution in [1.82, 2.24) is 4.98 Å². The molecule has 0 saturated heterocycles. The third-order valence-electron chi connectivity index (χ3n) is 5.90. The van der Waals surface area contributed by atoms with Gasteiger partial charge in [0.25, 0.3) is 0 Å². The molecular formula is C28H25NO. The van der Waals surface area contributed by atoms with Gasteiger partial charge in [-0.25, -0.2) is 0 Å². The standard InChI is InChI=1S/C28H25NO/c1-30-23-17-14-21(15-18-23)24-19-16-22(11-7-10-20-8-3-2-4-9-20)28-27(24)25-12-5-6-13-26(25)29-28/h2-6,8-9,12-19,29H,7,10-11H2,1H3. The highest BCUT2D eigenvalue weighted by Crippen LogP contribution is 2.37. The van der Waals surface area contributed by atoms with E-state index >= 15 is 0 Å². The van der Waals surface area contributed by atoms with Crippen LogP contribution in [0.1, 0.15) is 17.5 Å². The van der Waals surface area contributed by atoms with E-state index in [-0.39, 0.29) is 0 Å². The first-order valence-corrected chi connectivity index (χ1v) is 10.5. The Kier molecular flexibility index (Phi) is 4.98. The molecule has 0 aliphatic heterocycles. The van der Waals surface area contributed by atoms with Crippen LogP contribution in [-0.2, 0) is 12.8 Å². The number of ether oxygens (including phenoxy) is 1. The third-order valence-corrected chi connectivity index (χ3v) is 5.90. The van der Waals surface area contributed by atoms with Crippen molar-refractivity contribution in [3.05, 3.63) is 102 Å². The molecule has 0 fully saturated rings. The molecule has 5 aromatic rings. The van der Waals surface area contributed by atoms with E-state index in [0.717, 1.165) is 25.0 Å². The Hall–Kier alpha value is -3.52. The van der Waals surface area contributed by atoms with Crippen molar-refractivity contribution in [2.45, 2.75) is 19.3 Å². The summed E-state index contributed by atoms with van der Waals surface area (Å²) < 4.78 is 5.34. The summed E-state index contributed by atoms with van der Waals surface area (Å²) in [7, 11) is 1.71. The fourth-order valence-corrected chi connectivity index (χ4v) is 4.36. The molecule has 0 radical (unpaired) electrons. The van der Waals surface area contributed by atoms with Gasteiger partial charge in [-0.3, -0.25) is 0 Å². The van der Waals surface area contributed by atoms with E-state index in [1.54, 1.807) is 7.11 Å². The van der Waals surface area contributed by atoms with Crippen LogP contribution in [0, 0.1) is 0 Å². The monoisotopic (exact) mass is 391 g/mol. The lowest BCUT2D eigenvalue weighted by molar-refractivity contribution is 0.415. The molecule has 0 atom stereocenters. The molecule has 30 heavy (non-hydrogen) atoms. The Morgan fingerprint density at radius 2 is 1.50 bits per heavy atom. The lowest BCUT2D eigenvalue weighted by atomic mass is 9.95. The number of nitrogens with one attached hydrogen (secondary N) is 1. The fraction of sp³-hybridized carbons (Fsp3) is 0.143. The van der Waals surface area contributed by atoms with Crippen LogP contribution < -0.4 is 4.74 Å². The van der Waals surface area contributed by atoms with E-state index in [9.17, 15) is 0 Å². The first kappa shape index (κ1) is 18.5. The number of aromatic amines is 1. The summed E-state index contributed by atoms with van der Waals surface area (Å²) in [5.74, 6) is 0.881.